The van der Waals surface area contributed by atoms with E-state index < -0.39 is 5.91 Å². The van der Waals surface area contributed by atoms with E-state index in [0.717, 1.165) is 23.8 Å². The molecule has 4 rings (SSSR count). The molecular weight excluding hydrogens is 336 g/mol. The smallest absolute Gasteiger partial charge is 0.266 e. The molecule has 0 fully saturated rings. The van der Waals surface area contributed by atoms with Gasteiger partial charge in [-0.3, -0.25) is 4.79 Å². The molecule has 0 atom stereocenters. The Bertz CT molecular complexity index is 1110. The largest absolute Gasteiger partial charge is 0.497 e. The predicted molar refractivity (Wildman–Crippen MR) is 107 cm³/mol. The molecule has 4 heteroatoms. The van der Waals surface area contributed by atoms with Crippen molar-refractivity contribution >= 4 is 28.4 Å². The van der Waals surface area contributed by atoms with Crippen LogP contribution < -0.4 is 10.1 Å². The van der Waals surface area contributed by atoms with Crippen molar-refractivity contribution in [2.24, 2.45) is 0 Å². The Kier molecular flexibility index (Phi) is 4.35. The summed E-state index contributed by atoms with van der Waals surface area (Å²) in [4.78, 5) is 12.6. The Hall–Kier alpha value is -3.58. The molecule has 3 aromatic rings. The first-order chi connectivity index (χ1) is 13.2. The normalized spacial score (nSPS) is 12.7. The van der Waals surface area contributed by atoms with Gasteiger partial charge in [-0.25, -0.2) is 0 Å². The van der Waals surface area contributed by atoms with Gasteiger partial charge >= 0.3 is 0 Å². The second kappa shape index (κ2) is 6.97. The van der Waals surface area contributed by atoms with E-state index in [9.17, 15) is 10.1 Å². The molecule has 0 saturated heterocycles. The lowest BCUT2D eigenvalue weighted by atomic mass is 9.98. The summed E-state index contributed by atoms with van der Waals surface area (Å²) in [5.41, 5.74) is 4.20. The van der Waals surface area contributed by atoms with Gasteiger partial charge in [0.1, 0.15) is 17.4 Å². The predicted octanol–water partition coefficient (Wildman–Crippen LogP) is 4.49. The van der Waals surface area contributed by atoms with Crippen LogP contribution in [0.4, 0.5) is 5.69 Å². The van der Waals surface area contributed by atoms with Crippen LogP contribution in [0, 0.1) is 11.3 Å². The zero-order chi connectivity index (χ0) is 18.8. The number of anilines is 1. The van der Waals surface area contributed by atoms with Crippen LogP contribution >= 0.6 is 0 Å². The maximum Gasteiger partial charge on any atom is 0.266 e. The Morgan fingerprint density at radius 2 is 1.89 bits per heavy atom. The first kappa shape index (κ1) is 16.9. The van der Waals surface area contributed by atoms with Crippen molar-refractivity contribution in [1.82, 2.24) is 0 Å². The number of carbonyl (C=O) groups excluding carboxylic acids is 1. The molecule has 0 saturated carbocycles. The standard InChI is InChI=1S/C23H18N2O2/c1-27-20-6-3-5-19(13-20)25-23(26)18(14-24)12-17-11-10-16-9-8-15-4-2-7-21(17)22(15)16/h2-7,10-13H,8-9H2,1H3,(H,25,26)/b18-12+. The zero-order valence-corrected chi connectivity index (χ0v) is 15.0. The Morgan fingerprint density at radius 3 is 2.67 bits per heavy atom. The topological polar surface area (TPSA) is 62.1 Å². The first-order valence-electron chi connectivity index (χ1n) is 8.80. The number of hydrogen-bond donors (Lipinski definition) is 1. The Labute approximate surface area is 157 Å². The minimum Gasteiger partial charge on any atom is -0.497 e. The number of nitriles is 1. The average molecular weight is 354 g/mol. The molecule has 0 aliphatic heterocycles. The summed E-state index contributed by atoms with van der Waals surface area (Å²) in [6, 6.07) is 19.4. The Morgan fingerprint density at radius 1 is 1.11 bits per heavy atom. The van der Waals surface area contributed by atoms with Gasteiger partial charge in [0.25, 0.3) is 5.91 Å². The van der Waals surface area contributed by atoms with Crippen LogP contribution in [-0.2, 0) is 17.6 Å². The zero-order valence-electron chi connectivity index (χ0n) is 15.0. The number of rotatable bonds is 4. The van der Waals surface area contributed by atoms with Crippen LogP contribution in [0.25, 0.3) is 16.8 Å². The Balaban J connectivity index is 1.69. The number of aryl methyl sites for hydroxylation is 2. The third kappa shape index (κ3) is 3.16. The van der Waals surface area contributed by atoms with E-state index in [1.165, 1.54) is 16.5 Å². The molecule has 1 N–H and O–H groups in total. The number of benzene rings is 3. The number of carbonyl (C=O) groups is 1. The van der Waals surface area contributed by atoms with Crippen molar-refractivity contribution in [3.8, 4) is 11.8 Å². The van der Waals surface area contributed by atoms with Gasteiger partial charge in [0, 0.05) is 11.8 Å². The highest BCUT2D eigenvalue weighted by molar-refractivity contribution is 6.11. The van der Waals surface area contributed by atoms with Crippen molar-refractivity contribution in [2.45, 2.75) is 12.8 Å². The van der Waals surface area contributed by atoms with Crippen LogP contribution in [0.3, 0.4) is 0 Å². The number of nitrogens with one attached hydrogen (secondary N) is 1. The highest BCUT2D eigenvalue weighted by atomic mass is 16.5. The van der Waals surface area contributed by atoms with Crippen LogP contribution in [0.2, 0.25) is 0 Å². The third-order valence-electron chi connectivity index (χ3n) is 4.90. The van der Waals surface area contributed by atoms with Crippen LogP contribution in [0.15, 0.2) is 60.2 Å². The summed E-state index contributed by atoms with van der Waals surface area (Å²) in [5, 5.41) is 14.6. The molecule has 1 aliphatic rings. The summed E-state index contributed by atoms with van der Waals surface area (Å²) < 4.78 is 5.16. The summed E-state index contributed by atoms with van der Waals surface area (Å²) in [7, 11) is 1.57. The van der Waals surface area contributed by atoms with E-state index in [2.05, 4.69) is 23.5 Å². The molecule has 132 valence electrons. The van der Waals surface area contributed by atoms with Gasteiger partial charge in [0.15, 0.2) is 0 Å². The van der Waals surface area contributed by atoms with Crippen molar-refractivity contribution < 1.29 is 9.53 Å². The monoisotopic (exact) mass is 354 g/mol. The summed E-state index contributed by atoms with van der Waals surface area (Å²) >= 11 is 0. The molecule has 0 unspecified atom stereocenters. The first-order valence-corrected chi connectivity index (χ1v) is 8.80. The third-order valence-corrected chi connectivity index (χ3v) is 4.90. The van der Waals surface area contributed by atoms with Crippen molar-refractivity contribution in [3.63, 3.8) is 0 Å². The molecule has 3 aromatic carbocycles. The SMILES string of the molecule is COc1cccc(NC(=O)/C(C#N)=C/c2ccc3c4c(cccc24)CC3)c1. The van der Waals surface area contributed by atoms with Crippen LogP contribution in [0.1, 0.15) is 16.7 Å². The van der Waals surface area contributed by atoms with E-state index in [1.54, 1.807) is 37.5 Å². The quantitative estimate of drug-likeness (QED) is 0.554. The maximum absolute atomic E-state index is 12.6. The fraction of sp³-hybridized carbons (Fsp3) is 0.130. The van der Waals surface area contributed by atoms with E-state index in [4.69, 9.17) is 4.74 Å². The molecular formula is C23H18N2O2. The number of ether oxygens (including phenoxy) is 1. The van der Waals surface area contributed by atoms with Gasteiger partial charge in [0.05, 0.1) is 7.11 Å². The van der Waals surface area contributed by atoms with Gasteiger partial charge in [-0.1, -0.05) is 36.4 Å². The van der Waals surface area contributed by atoms with Crippen molar-refractivity contribution in [3.05, 3.63) is 76.9 Å². The van der Waals surface area contributed by atoms with Crippen molar-refractivity contribution in [1.29, 1.82) is 5.26 Å². The summed E-state index contributed by atoms with van der Waals surface area (Å²) in [5.74, 6) is 0.205. The van der Waals surface area contributed by atoms with E-state index in [0.29, 0.717) is 11.4 Å². The van der Waals surface area contributed by atoms with Gasteiger partial charge < -0.3 is 10.1 Å². The van der Waals surface area contributed by atoms with Crippen LogP contribution in [-0.4, -0.2) is 13.0 Å². The number of hydrogen-bond acceptors (Lipinski definition) is 3. The van der Waals surface area contributed by atoms with Gasteiger partial charge in [-0.15, -0.1) is 0 Å². The fourth-order valence-electron chi connectivity index (χ4n) is 3.60. The van der Waals surface area contributed by atoms with E-state index in [1.807, 2.05) is 18.2 Å². The van der Waals surface area contributed by atoms with Crippen LogP contribution in [0.5, 0.6) is 5.75 Å². The molecule has 0 heterocycles. The maximum atomic E-state index is 12.6. The lowest BCUT2D eigenvalue weighted by Crippen LogP contribution is -2.13. The van der Waals surface area contributed by atoms with Gasteiger partial charge in [-0.2, -0.15) is 5.26 Å². The number of methoxy groups -OCH3 is 1. The fourth-order valence-corrected chi connectivity index (χ4v) is 3.60. The minimum atomic E-state index is -0.436. The van der Waals surface area contributed by atoms with Gasteiger partial charge in [0.2, 0.25) is 0 Å². The van der Waals surface area contributed by atoms with Crippen molar-refractivity contribution in [2.75, 3.05) is 12.4 Å². The molecule has 27 heavy (non-hydrogen) atoms. The number of amides is 1. The molecule has 0 radical (unpaired) electrons. The van der Waals surface area contributed by atoms with Gasteiger partial charge in [-0.05, 0) is 58.5 Å². The molecule has 0 aromatic heterocycles. The highest BCUT2D eigenvalue weighted by Gasteiger charge is 2.16. The highest BCUT2D eigenvalue weighted by Crippen LogP contribution is 2.33. The molecule has 1 amide bonds. The molecule has 0 spiro atoms. The molecule has 0 bridgehead atoms. The molecule has 4 nitrogen and oxygen atoms in total. The summed E-state index contributed by atoms with van der Waals surface area (Å²) in [6.07, 6.45) is 3.75. The minimum absolute atomic E-state index is 0.0662. The van der Waals surface area contributed by atoms with E-state index in [-0.39, 0.29) is 5.57 Å². The van der Waals surface area contributed by atoms with E-state index >= 15 is 0 Å². The average Bonchev–Trinajstić information content (AvgIpc) is 3.12. The second-order valence-corrected chi connectivity index (χ2v) is 6.51. The molecule has 1 aliphatic carbocycles. The lowest BCUT2D eigenvalue weighted by molar-refractivity contribution is -0.112. The number of nitrogens with zero attached hydrogens (tertiary/aromatic N) is 1. The second-order valence-electron chi connectivity index (χ2n) is 6.51. The lowest BCUT2D eigenvalue weighted by Gasteiger charge is -2.08. The summed E-state index contributed by atoms with van der Waals surface area (Å²) in [6.45, 7) is 0.